The Morgan fingerprint density at radius 3 is 2.64 bits per heavy atom. The van der Waals surface area contributed by atoms with Gasteiger partial charge in [-0.1, -0.05) is 12.0 Å². The number of benzene rings is 1. The molecule has 0 saturated heterocycles. The number of rotatable bonds is 6. The van der Waals surface area contributed by atoms with Crippen LogP contribution in [0.5, 0.6) is 0 Å². The monoisotopic (exact) mass is 405 g/mol. The molecule has 2 aromatic rings. The van der Waals surface area contributed by atoms with Crippen molar-refractivity contribution in [2.45, 2.75) is 30.4 Å². The van der Waals surface area contributed by atoms with Crippen molar-refractivity contribution in [3.63, 3.8) is 0 Å². The Labute approximate surface area is 163 Å². The molecule has 0 bridgehead atoms. The quantitative estimate of drug-likeness (QED) is 0.569. The van der Waals surface area contributed by atoms with E-state index in [0.717, 1.165) is 17.7 Å². The second-order valence-electron chi connectivity index (χ2n) is 6.44. The third-order valence-corrected chi connectivity index (χ3v) is 5.59. The Morgan fingerprint density at radius 2 is 2.07 bits per heavy atom. The number of anilines is 1. The van der Waals surface area contributed by atoms with E-state index in [2.05, 4.69) is 11.2 Å². The molecule has 1 heterocycles. The number of halogens is 2. The molecule has 0 spiro atoms. The topological polar surface area (TPSA) is 80.2 Å². The molecule has 1 amide bonds. The number of aromatic nitrogens is 1. The zero-order valence-electron chi connectivity index (χ0n) is 15.5. The summed E-state index contributed by atoms with van der Waals surface area (Å²) in [6, 6.07) is 4.97. The zero-order chi connectivity index (χ0) is 21.3. The summed E-state index contributed by atoms with van der Waals surface area (Å²) in [5.74, 6) is 0.249. The maximum absolute atomic E-state index is 14.8. The van der Waals surface area contributed by atoms with Crippen molar-refractivity contribution in [2.75, 3.05) is 5.32 Å². The molecule has 0 aliphatic heterocycles. The lowest BCUT2D eigenvalue weighted by Crippen LogP contribution is -2.46. The predicted octanol–water partition coefficient (Wildman–Crippen LogP) is 1.92. The van der Waals surface area contributed by atoms with Gasteiger partial charge in [0.05, 0.1) is 5.57 Å². The molecule has 0 aliphatic rings. The van der Waals surface area contributed by atoms with E-state index in [4.69, 9.17) is 14.3 Å². The van der Waals surface area contributed by atoms with Gasteiger partial charge in [-0.15, -0.1) is 6.42 Å². The van der Waals surface area contributed by atoms with Crippen LogP contribution in [0.1, 0.15) is 29.9 Å². The van der Waals surface area contributed by atoms with Crippen molar-refractivity contribution in [1.29, 1.82) is 0 Å². The van der Waals surface area contributed by atoms with Crippen LogP contribution in [0.15, 0.2) is 35.4 Å². The highest BCUT2D eigenvalue weighted by Crippen LogP contribution is 2.23. The maximum atomic E-state index is 14.8. The first-order valence-electron chi connectivity index (χ1n) is 8.09. The summed E-state index contributed by atoms with van der Waals surface area (Å²) in [4.78, 5) is 11.7. The number of hydrogen-bond donors (Lipinski definition) is 2. The summed E-state index contributed by atoms with van der Waals surface area (Å²) < 4.78 is 56.3. The van der Waals surface area contributed by atoms with Crippen LogP contribution in [0.3, 0.4) is 0 Å². The highest BCUT2D eigenvalue weighted by Gasteiger charge is 2.33. The van der Waals surface area contributed by atoms with Gasteiger partial charge in [0.15, 0.2) is 5.82 Å². The first kappa shape index (κ1) is 21.7. The van der Waals surface area contributed by atoms with Crippen molar-refractivity contribution in [3.8, 4) is 12.3 Å². The van der Waals surface area contributed by atoms with Gasteiger partial charge in [0.25, 0.3) is 5.91 Å². The van der Waals surface area contributed by atoms with Gasteiger partial charge in [-0.3, -0.25) is 9.18 Å². The molecule has 2 unspecified atom stereocenters. The fraction of sp³-hybridized carbons (Fsp3) is 0.278. The lowest BCUT2D eigenvalue weighted by molar-refractivity contribution is 0.101. The van der Waals surface area contributed by atoms with Crippen LogP contribution in [0.2, 0.25) is 0 Å². The smallest absolute Gasteiger partial charge is 0.275 e. The van der Waals surface area contributed by atoms with Crippen LogP contribution in [0.25, 0.3) is 0 Å². The van der Waals surface area contributed by atoms with E-state index in [1.807, 2.05) is 4.72 Å². The molecule has 0 saturated carbocycles. The van der Waals surface area contributed by atoms with Crippen LogP contribution >= 0.6 is 0 Å². The fourth-order valence-corrected chi connectivity index (χ4v) is 3.76. The number of carbonyl (C=O) groups is 1. The molecule has 1 aromatic carbocycles. The molecule has 1 aromatic heterocycles. The van der Waals surface area contributed by atoms with Crippen molar-refractivity contribution in [2.24, 2.45) is 7.05 Å². The summed E-state index contributed by atoms with van der Waals surface area (Å²) >= 11 is 0. The van der Waals surface area contributed by atoms with E-state index in [9.17, 15) is 22.0 Å². The lowest BCUT2D eigenvalue weighted by Gasteiger charge is -2.24. The molecule has 146 valence electrons. The normalized spacial score (nSPS) is 14.7. The number of carbonyl (C=O) groups excluding carboxylic acids is 1. The number of amides is 1. The summed E-state index contributed by atoms with van der Waals surface area (Å²) in [7, 11) is 2.07. The van der Waals surface area contributed by atoms with Crippen molar-refractivity contribution in [1.82, 2.24) is 9.29 Å². The Kier molecular flexibility index (Phi) is 6.01. The van der Waals surface area contributed by atoms with Crippen LogP contribution in [0, 0.1) is 18.2 Å². The van der Waals surface area contributed by atoms with Crippen molar-refractivity contribution < 1.29 is 22.0 Å². The fourth-order valence-electron chi connectivity index (χ4n) is 2.30. The maximum Gasteiger partial charge on any atom is 0.275 e. The minimum atomic E-state index is -4.46. The number of alkyl halides is 1. The van der Waals surface area contributed by atoms with Gasteiger partial charge in [-0.25, -0.2) is 17.5 Å². The Balaban J connectivity index is 2.35. The van der Waals surface area contributed by atoms with Gasteiger partial charge in [-0.2, -0.15) is 0 Å². The van der Waals surface area contributed by atoms with Crippen LogP contribution in [0.4, 0.5) is 14.5 Å². The van der Waals surface area contributed by atoms with E-state index in [1.54, 1.807) is 18.2 Å². The Bertz CT molecular complexity index is 1050. The molecule has 2 N–H and O–H groups in total. The Morgan fingerprint density at radius 1 is 1.43 bits per heavy atom. The summed E-state index contributed by atoms with van der Waals surface area (Å²) in [5.41, 5.74) is -2.06. The van der Waals surface area contributed by atoms with Gasteiger partial charge in [0.1, 0.15) is 18.4 Å². The van der Waals surface area contributed by atoms with Gasteiger partial charge < -0.3 is 9.88 Å². The summed E-state index contributed by atoms with van der Waals surface area (Å²) in [6.45, 7) is 2.18. The molecular weight excluding hydrogens is 387 g/mol. The molecule has 6 nitrogen and oxygen atoms in total. The summed E-state index contributed by atoms with van der Waals surface area (Å²) in [5, 5.41) is 2.45. The number of aryl methyl sites for hydroxylation is 1. The second-order valence-corrected chi connectivity index (χ2v) is 8.12. The Hall–Kier alpha value is -2.64. The molecule has 10 heteroatoms. The summed E-state index contributed by atoms with van der Waals surface area (Å²) in [6.07, 6.45) is 6.21. The van der Waals surface area contributed by atoms with Crippen molar-refractivity contribution in [3.05, 3.63) is 47.5 Å². The molecule has 2 atom stereocenters. The molecule has 28 heavy (non-hydrogen) atoms. The van der Waals surface area contributed by atoms with E-state index < -0.39 is 43.9 Å². The average molecular weight is 405 g/mol. The van der Waals surface area contributed by atoms with Gasteiger partial charge in [0.2, 0.25) is 10.0 Å². The van der Waals surface area contributed by atoms with Gasteiger partial charge >= 0.3 is 0 Å². The highest BCUT2D eigenvalue weighted by molar-refractivity contribution is 7.89. The van der Waals surface area contributed by atoms with E-state index in [1.165, 1.54) is 20.0 Å². The van der Waals surface area contributed by atoms with Crippen molar-refractivity contribution >= 4 is 29.5 Å². The minimum Gasteiger partial charge on any atom is -0.343 e. The zero-order valence-corrected chi connectivity index (χ0v) is 16.3. The molecular formula is C18H18BF2N3O3S. The van der Waals surface area contributed by atoms with Crippen LogP contribution in [-0.2, 0) is 17.1 Å². The number of terminal acetylenes is 1. The number of sulfonamides is 1. The van der Waals surface area contributed by atoms with Crippen LogP contribution in [-0.4, -0.2) is 38.3 Å². The first-order valence-corrected chi connectivity index (χ1v) is 9.58. The predicted molar refractivity (Wildman–Crippen MR) is 103 cm³/mol. The first-order chi connectivity index (χ1) is 12.9. The lowest BCUT2D eigenvalue weighted by atomic mass is 9.80. The third-order valence-electron chi connectivity index (χ3n) is 4.06. The van der Waals surface area contributed by atoms with E-state index >= 15 is 0 Å². The van der Waals surface area contributed by atoms with E-state index in [0.29, 0.717) is 11.3 Å². The van der Waals surface area contributed by atoms with Crippen LogP contribution < -0.4 is 10.0 Å². The number of nitrogens with zero attached hydrogens (tertiary/aromatic N) is 1. The molecule has 2 radical (unpaired) electrons. The number of hydrogen-bond acceptors (Lipinski definition) is 3. The number of nitrogens with one attached hydrogen (secondary N) is 2. The second kappa shape index (κ2) is 7.77. The van der Waals surface area contributed by atoms with Gasteiger partial charge in [-0.05, 0) is 32.0 Å². The van der Waals surface area contributed by atoms with Gasteiger partial charge in [0, 0.05) is 30.5 Å². The molecule has 0 aliphatic carbocycles. The van der Waals surface area contributed by atoms with E-state index in [-0.39, 0.29) is 0 Å². The largest absolute Gasteiger partial charge is 0.343 e. The average Bonchev–Trinajstić information content (AvgIpc) is 2.89. The standard InChI is InChI=1S/C18H18BF2N3O3S/c1-5-12-7-6-8-13(9-12)22-17(25)16-15(20)14(10-24(16)4)28(26,27)23-11(2)18(3,19)21/h1,6-11,23H,2-4H3,(H,22,25). The highest BCUT2D eigenvalue weighted by atomic mass is 32.2. The minimum absolute atomic E-state index is 0.313. The third kappa shape index (κ3) is 4.61. The molecule has 0 fully saturated rings. The molecule has 2 rings (SSSR count). The SMILES string of the molecule is [B]C(C)(F)C(C)NS(=O)(=O)c1cn(C)c(C(=O)Nc2cccc(C#C)c2)c1F.